The Balaban J connectivity index is 1.56. The second-order valence-electron chi connectivity index (χ2n) is 6.91. The van der Waals surface area contributed by atoms with E-state index in [-0.39, 0.29) is 26.7 Å². The van der Waals surface area contributed by atoms with Gasteiger partial charge in [-0.1, -0.05) is 53.7 Å². The lowest BCUT2D eigenvalue weighted by Gasteiger charge is -2.08. The van der Waals surface area contributed by atoms with E-state index in [9.17, 15) is 18.0 Å². The van der Waals surface area contributed by atoms with Gasteiger partial charge in [0, 0.05) is 6.54 Å². The summed E-state index contributed by atoms with van der Waals surface area (Å²) in [5.41, 5.74) is 0.373. The average molecular weight is 508 g/mol. The molecular formula is C22H22ClN3O5S2. The second kappa shape index (κ2) is 11.4. The number of nitrogens with one attached hydrogen (secondary N) is 2. The molecule has 1 amide bonds. The zero-order chi connectivity index (χ0) is 23.8. The van der Waals surface area contributed by atoms with E-state index in [4.69, 9.17) is 16.3 Å². The summed E-state index contributed by atoms with van der Waals surface area (Å²) in [5, 5.41) is 3.06. The van der Waals surface area contributed by atoms with Gasteiger partial charge in [-0.05, 0) is 36.6 Å². The number of nitrogens with zero attached hydrogens (tertiary/aromatic N) is 1. The smallest absolute Gasteiger partial charge is 0.270 e. The molecule has 3 rings (SSSR count). The number of methoxy groups -OCH3 is 1. The Hall–Kier alpha value is -2.82. The third-order valence-corrected chi connectivity index (χ3v) is 7.54. The third-order valence-electron chi connectivity index (χ3n) is 4.61. The number of carbonyl (C=O) groups excluding carboxylic acids is 1. The van der Waals surface area contributed by atoms with Crippen molar-refractivity contribution in [2.45, 2.75) is 27.8 Å². The second-order valence-corrected chi connectivity index (χ2v) is 10.2. The number of carbonyl (C=O) groups is 1. The highest BCUT2D eigenvalue weighted by atomic mass is 35.5. The number of aryl methyl sites for hydroxylation is 1. The third kappa shape index (κ3) is 6.59. The highest BCUT2D eigenvalue weighted by Gasteiger charge is 2.23. The molecule has 33 heavy (non-hydrogen) atoms. The summed E-state index contributed by atoms with van der Waals surface area (Å²) >= 11 is 7.01. The molecule has 0 aliphatic rings. The van der Waals surface area contributed by atoms with Crippen molar-refractivity contribution in [1.82, 2.24) is 15.3 Å². The van der Waals surface area contributed by atoms with Gasteiger partial charge in [0.1, 0.15) is 5.75 Å². The lowest BCUT2D eigenvalue weighted by molar-refractivity contribution is -0.118. The van der Waals surface area contributed by atoms with Crippen molar-refractivity contribution >= 4 is 39.1 Å². The van der Waals surface area contributed by atoms with Gasteiger partial charge in [0.15, 0.2) is 10.1 Å². The van der Waals surface area contributed by atoms with Crippen molar-refractivity contribution in [2.75, 3.05) is 19.4 Å². The number of aromatic amines is 1. The normalized spacial score (nSPS) is 11.2. The zero-order valence-corrected chi connectivity index (χ0v) is 20.1. The Bertz CT molecular complexity index is 1280. The molecule has 174 valence electrons. The molecule has 8 nitrogen and oxygen atoms in total. The number of hydrogen-bond donors (Lipinski definition) is 2. The molecular weight excluding hydrogens is 486 g/mol. The molecule has 0 saturated heterocycles. The molecule has 0 saturated carbocycles. The van der Waals surface area contributed by atoms with Gasteiger partial charge in [-0.3, -0.25) is 9.59 Å². The van der Waals surface area contributed by atoms with E-state index in [1.165, 1.54) is 30.9 Å². The maximum atomic E-state index is 12.8. The van der Waals surface area contributed by atoms with E-state index < -0.39 is 20.3 Å². The SMILES string of the molecule is COc1ccc(S(=O)(=O)c2cnc(SCC(=O)NCCCc3ccccc3)[nH]c2=O)cc1Cl. The molecule has 0 bridgehead atoms. The predicted molar refractivity (Wildman–Crippen MR) is 127 cm³/mol. The van der Waals surface area contributed by atoms with Crippen LogP contribution in [0.25, 0.3) is 0 Å². The lowest BCUT2D eigenvalue weighted by Crippen LogP contribution is -2.26. The summed E-state index contributed by atoms with van der Waals surface area (Å²) in [6.45, 7) is 0.528. The van der Waals surface area contributed by atoms with E-state index >= 15 is 0 Å². The highest BCUT2D eigenvalue weighted by molar-refractivity contribution is 7.99. The topological polar surface area (TPSA) is 118 Å². The Morgan fingerprint density at radius 2 is 1.97 bits per heavy atom. The fourth-order valence-electron chi connectivity index (χ4n) is 2.92. The van der Waals surface area contributed by atoms with Crippen molar-refractivity contribution in [3.05, 3.63) is 75.7 Å². The van der Waals surface area contributed by atoms with Crippen LogP contribution >= 0.6 is 23.4 Å². The minimum atomic E-state index is -4.14. The fraction of sp³-hybridized carbons (Fsp3) is 0.227. The number of hydrogen-bond acceptors (Lipinski definition) is 7. The van der Waals surface area contributed by atoms with Gasteiger partial charge in [0.25, 0.3) is 5.56 Å². The van der Waals surface area contributed by atoms with E-state index in [2.05, 4.69) is 15.3 Å². The lowest BCUT2D eigenvalue weighted by atomic mass is 10.1. The number of halogens is 1. The van der Waals surface area contributed by atoms with E-state index in [1.54, 1.807) is 0 Å². The van der Waals surface area contributed by atoms with E-state index in [1.807, 2.05) is 30.3 Å². The molecule has 0 unspecified atom stereocenters. The van der Waals surface area contributed by atoms with Crippen molar-refractivity contribution in [3.8, 4) is 5.75 Å². The van der Waals surface area contributed by atoms with Gasteiger partial charge < -0.3 is 15.0 Å². The maximum absolute atomic E-state index is 12.8. The first-order chi connectivity index (χ1) is 15.8. The number of aromatic nitrogens is 2. The van der Waals surface area contributed by atoms with Crippen LogP contribution in [0, 0.1) is 0 Å². The molecule has 0 fully saturated rings. The number of amides is 1. The summed E-state index contributed by atoms with van der Waals surface area (Å²) in [6.07, 6.45) is 2.64. The molecule has 11 heteroatoms. The molecule has 3 aromatic rings. The molecule has 1 aromatic heterocycles. The van der Waals surface area contributed by atoms with E-state index in [0.717, 1.165) is 30.8 Å². The number of benzene rings is 2. The first kappa shape index (κ1) is 24.8. The summed E-state index contributed by atoms with van der Waals surface area (Å²) in [5.74, 6) is 0.141. The predicted octanol–water partition coefficient (Wildman–Crippen LogP) is 3.11. The van der Waals surface area contributed by atoms with Crippen LogP contribution in [0.4, 0.5) is 0 Å². The van der Waals surface area contributed by atoms with Gasteiger partial charge in [-0.25, -0.2) is 13.4 Å². The van der Waals surface area contributed by atoms with Crippen LogP contribution in [0.15, 0.2) is 74.5 Å². The highest BCUT2D eigenvalue weighted by Crippen LogP contribution is 2.29. The number of ether oxygens (including phenoxy) is 1. The van der Waals surface area contributed by atoms with Crippen molar-refractivity contribution in [1.29, 1.82) is 0 Å². The minimum Gasteiger partial charge on any atom is -0.495 e. The van der Waals surface area contributed by atoms with Gasteiger partial charge in [0.2, 0.25) is 15.7 Å². The monoisotopic (exact) mass is 507 g/mol. The summed E-state index contributed by atoms with van der Waals surface area (Å²) in [4.78, 5) is 30.2. The van der Waals surface area contributed by atoms with Crippen molar-refractivity contribution in [2.24, 2.45) is 0 Å². The summed E-state index contributed by atoms with van der Waals surface area (Å²) in [6, 6.07) is 13.9. The Morgan fingerprint density at radius 1 is 1.21 bits per heavy atom. The van der Waals surface area contributed by atoms with Crippen LogP contribution in [-0.4, -0.2) is 43.7 Å². The molecule has 0 aliphatic carbocycles. The van der Waals surface area contributed by atoms with Crippen molar-refractivity contribution in [3.63, 3.8) is 0 Å². The van der Waals surface area contributed by atoms with Gasteiger partial charge >= 0.3 is 0 Å². The molecule has 1 heterocycles. The maximum Gasteiger partial charge on any atom is 0.270 e. The van der Waals surface area contributed by atoms with Crippen LogP contribution in [-0.2, 0) is 21.1 Å². The Labute approximate surface area is 200 Å². The van der Waals surface area contributed by atoms with Crippen LogP contribution in [0.1, 0.15) is 12.0 Å². The molecule has 0 spiro atoms. The number of rotatable bonds is 10. The molecule has 2 N–H and O–H groups in total. The zero-order valence-electron chi connectivity index (χ0n) is 17.7. The van der Waals surface area contributed by atoms with Gasteiger partial charge in [-0.2, -0.15) is 0 Å². The fourth-order valence-corrected chi connectivity index (χ4v) is 5.17. The van der Waals surface area contributed by atoms with Crippen LogP contribution in [0.2, 0.25) is 5.02 Å². The number of H-pyrrole nitrogens is 1. The summed E-state index contributed by atoms with van der Waals surface area (Å²) in [7, 11) is -2.73. The quantitative estimate of drug-likeness (QED) is 0.246. The minimum absolute atomic E-state index is 0.0362. The van der Waals surface area contributed by atoms with E-state index in [0.29, 0.717) is 12.3 Å². The van der Waals surface area contributed by atoms with Crippen LogP contribution in [0.5, 0.6) is 5.75 Å². The molecule has 0 radical (unpaired) electrons. The largest absolute Gasteiger partial charge is 0.495 e. The summed E-state index contributed by atoms with van der Waals surface area (Å²) < 4.78 is 30.6. The molecule has 0 aliphatic heterocycles. The van der Waals surface area contributed by atoms with Gasteiger partial charge in [0.05, 0.1) is 29.0 Å². The molecule has 2 aromatic carbocycles. The standard InChI is InChI=1S/C22H22ClN3O5S2/c1-31-18-10-9-16(12-17(18)23)33(29,30)19-13-25-22(26-21(19)28)32-14-20(27)24-11-5-8-15-6-3-2-4-7-15/h2-4,6-7,9-10,12-13H,5,8,11,14H2,1H3,(H,24,27)(H,25,26,28). The first-order valence-electron chi connectivity index (χ1n) is 9.92. The Kier molecular flexibility index (Phi) is 8.54. The molecule has 0 atom stereocenters. The van der Waals surface area contributed by atoms with Gasteiger partial charge in [-0.15, -0.1) is 0 Å². The Morgan fingerprint density at radius 3 is 2.64 bits per heavy atom. The number of thioether (sulfide) groups is 1. The number of sulfone groups is 1. The average Bonchev–Trinajstić information content (AvgIpc) is 2.81. The van der Waals surface area contributed by atoms with Crippen LogP contribution in [0.3, 0.4) is 0 Å². The van der Waals surface area contributed by atoms with Crippen molar-refractivity contribution < 1.29 is 17.9 Å². The first-order valence-corrected chi connectivity index (χ1v) is 12.8. The van der Waals surface area contributed by atoms with Crippen LogP contribution < -0.4 is 15.6 Å².